The molecule has 4 rings (SSSR count). The molecular formula is C27H23F5. The maximum absolute atomic E-state index is 14.5. The van der Waals surface area contributed by atoms with Crippen LogP contribution in [0.2, 0.25) is 0 Å². The van der Waals surface area contributed by atoms with Crippen molar-refractivity contribution < 1.29 is 22.0 Å². The molecule has 0 N–H and O–H groups in total. The van der Waals surface area contributed by atoms with Gasteiger partial charge in [0.1, 0.15) is 11.6 Å². The minimum atomic E-state index is -1.49. The Morgan fingerprint density at radius 1 is 0.812 bits per heavy atom. The highest BCUT2D eigenvalue weighted by Gasteiger charge is 2.26. The molecule has 0 unspecified atom stereocenters. The summed E-state index contributed by atoms with van der Waals surface area (Å²) in [7, 11) is 0. The Bertz CT molecular complexity index is 1190. The highest BCUT2D eigenvalue weighted by molar-refractivity contribution is 5.84. The van der Waals surface area contributed by atoms with Gasteiger partial charge in [-0.05, 0) is 79.3 Å². The van der Waals surface area contributed by atoms with Crippen molar-refractivity contribution >= 4 is 10.8 Å². The predicted molar refractivity (Wildman–Crippen MR) is 116 cm³/mol. The van der Waals surface area contributed by atoms with Crippen LogP contribution in [0.1, 0.15) is 61.6 Å². The first-order valence-corrected chi connectivity index (χ1v) is 10.9. The van der Waals surface area contributed by atoms with E-state index in [1.54, 1.807) is 6.07 Å². The standard InChI is InChI=1S/C27H23F5/c1-2-3-18-13-22(28)25(23(29)14-18)19-9-6-16(7-10-19)4-5-17-8-11-21-20(12-17)15-24(30)27(32)26(21)31/h8,11-16,19H,2-3,6-7,9-10H2,1H3. The van der Waals surface area contributed by atoms with Crippen LogP contribution in [0.5, 0.6) is 0 Å². The first-order valence-electron chi connectivity index (χ1n) is 10.9. The van der Waals surface area contributed by atoms with Gasteiger partial charge >= 0.3 is 0 Å². The van der Waals surface area contributed by atoms with Crippen molar-refractivity contribution in [3.05, 3.63) is 82.2 Å². The topological polar surface area (TPSA) is 0 Å². The molecule has 0 spiro atoms. The SMILES string of the molecule is CCCc1cc(F)c(C2CCC(C#Cc3ccc4c(F)c(F)c(F)cc4c3)CC2)c(F)c1. The van der Waals surface area contributed by atoms with E-state index in [2.05, 4.69) is 11.8 Å². The van der Waals surface area contributed by atoms with E-state index in [9.17, 15) is 22.0 Å². The smallest absolute Gasteiger partial charge is 0.195 e. The monoisotopic (exact) mass is 442 g/mol. The number of benzene rings is 3. The fourth-order valence-corrected chi connectivity index (χ4v) is 4.55. The van der Waals surface area contributed by atoms with Crippen molar-refractivity contribution in [1.29, 1.82) is 0 Å². The van der Waals surface area contributed by atoms with Gasteiger partial charge in [-0.3, -0.25) is 0 Å². The summed E-state index contributed by atoms with van der Waals surface area (Å²) in [6, 6.07) is 8.35. The van der Waals surface area contributed by atoms with Crippen molar-refractivity contribution in [2.24, 2.45) is 5.92 Å². The average Bonchev–Trinajstić information content (AvgIpc) is 2.76. The molecule has 166 valence electrons. The molecule has 32 heavy (non-hydrogen) atoms. The predicted octanol–water partition coefficient (Wildman–Crippen LogP) is 7.81. The van der Waals surface area contributed by atoms with Gasteiger partial charge in [-0.25, -0.2) is 22.0 Å². The fourth-order valence-electron chi connectivity index (χ4n) is 4.55. The number of rotatable bonds is 3. The normalized spacial score (nSPS) is 18.4. The van der Waals surface area contributed by atoms with Gasteiger partial charge in [0.15, 0.2) is 17.5 Å². The molecule has 0 heterocycles. The summed E-state index contributed by atoms with van der Waals surface area (Å²) >= 11 is 0. The van der Waals surface area contributed by atoms with Gasteiger partial charge in [-0.1, -0.05) is 31.3 Å². The Hall–Kier alpha value is -2.87. The summed E-state index contributed by atoms with van der Waals surface area (Å²) in [4.78, 5) is 0. The zero-order chi connectivity index (χ0) is 22.8. The van der Waals surface area contributed by atoms with Crippen LogP contribution in [0.15, 0.2) is 36.4 Å². The molecule has 0 nitrogen and oxygen atoms in total. The second-order valence-electron chi connectivity index (χ2n) is 8.46. The van der Waals surface area contributed by atoms with Crippen LogP contribution in [-0.2, 0) is 6.42 Å². The second-order valence-corrected chi connectivity index (χ2v) is 8.46. The van der Waals surface area contributed by atoms with Gasteiger partial charge in [0.05, 0.1) is 0 Å². The maximum atomic E-state index is 14.5. The van der Waals surface area contributed by atoms with E-state index in [1.165, 1.54) is 24.3 Å². The van der Waals surface area contributed by atoms with Crippen molar-refractivity contribution in [2.75, 3.05) is 0 Å². The number of hydrogen-bond acceptors (Lipinski definition) is 0. The average molecular weight is 442 g/mol. The van der Waals surface area contributed by atoms with Crippen molar-refractivity contribution in [3.8, 4) is 11.8 Å². The van der Waals surface area contributed by atoms with Crippen LogP contribution >= 0.6 is 0 Å². The van der Waals surface area contributed by atoms with E-state index in [4.69, 9.17) is 0 Å². The van der Waals surface area contributed by atoms with Crippen molar-refractivity contribution in [2.45, 2.75) is 51.4 Å². The highest BCUT2D eigenvalue weighted by atomic mass is 19.2. The molecule has 0 radical (unpaired) electrons. The molecule has 1 fully saturated rings. The van der Waals surface area contributed by atoms with Crippen LogP contribution < -0.4 is 0 Å². The molecule has 0 saturated heterocycles. The summed E-state index contributed by atoms with van der Waals surface area (Å²) < 4.78 is 69.8. The Balaban J connectivity index is 1.46. The number of aryl methyl sites for hydroxylation is 1. The minimum Gasteiger partial charge on any atom is -0.207 e. The quantitative estimate of drug-likeness (QED) is 0.220. The summed E-state index contributed by atoms with van der Waals surface area (Å²) in [5, 5.41) is 0.248. The summed E-state index contributed by atoms with van der Waals surface area (Å²) in [6.07, 6.45) is 4.21. The number of fused-ring (bicyclic) bond motifs is 1. The van der Waals surface area contributed by atoms with Gasteiger partial charge in [0.2, 0.25) is 0 Å². The van der Waals surface area contributed by atoms with Crippen molar-refractivity contribution in [1.82, 2.24) is 0 Å². The van der Waals surface area contributed by atoms with Crippen molar-refractivity contribution in [3.63, 3.8) is 0 Å². The molecule has 1 aliphatic carbocycles. The molecule has 0 bridgehead atoms. The van der Waals surface area contributed by atoms with Crippen LogP contribution in [-0.4, -0.2) is 0 Å². The molecule has 3 aromatic rings. The maximum Gasteiger partial charge on any atom is 0.195 e. The lowest BCUT2D eigenvalue weighted by Gasteiger charge is -2.26. The van der Waals surface area contributed by atoms with Crippen LogP contribution in [0.25, 0.3) is 10.8 Å². The fraction of sp³-hybridized carbons (Fsp3) is 0.333. The Labute approximate surface area is 184 Å². The Morgan fingerprint density at radius 3 is 2.16 bits per heavy atom. The van der Waals surface area contributed by atoms with Crippen LogP contribution in [0.4, 0.5) is 22.0 Å². The third-order valence-electron chi connectivity index (χ3n) is 6.21. The zero-order valence-electron chi connectivity index (χ0n) is 17.8. The lowest BCUT2D eigenvalue weighted by atomic mass is 9.78. The Kier molecular flexibility index (Phi) is 6.50. The minimum absolute atomic E-state index is 0.00367. The third-order valence-corrected chi connectivity index (χ3v) is 6.21. The van der Waals surface area contributed by atoms with E-state index in [0.29, 0.717) is 30.4 Å². The first kappa shape index (κ1) is 22.3. The second kappa shape index (κ2) is 9.32. The van der Waals surface area contributed by atoms with Gasteiger partial charge < -0.3 is 0 Å². The third kappa shape index (κ3) is 4.50. The Morgan fingerprint density at radius 2 is 1.50 bits per heavy atom. The van der Waals surface area contributed by atoms with Crippen LogP contribution in [0.3, 0.4) is 0 Å². The first-order chi connectivity index (χ1) is 15.4. The molecule has 1 aliphatic rings. The van der Waals surface area contributed by atoms with E-state index in [0.717, 1.165) is 25.3 Å². The van der Waals surface area contributed by atoms with Gasteiger partial charge in [0.25, 0.3) is 0 Å². The van der Waals surface area contributed by atoms with Gasteiger partial charge in [0, 0.05) is 22.4 Å². The number of halogens is 5. The van der Waals surface area contributed by atoms with E-state index in [-0.39, 0.29) is 28.2 Å². The lowest BCUT2D eigenvalue weighted by Crippen LogP contribution is -2.15. The van der Waals surface area contributed by atoms with E-state index in [1.807, 2.05) is 6.92 Å². The largest absolute Gasteiger partial charge is 0.207 e. The highest BCUT2D eigenvalue weighted by Crippen LogP contribution is 2.38. The summed E-state index contributed by atoms with van der Waals surface area (Å²) in [5.74, 6) is 1.25. The van der Waals surface area contributed by atoms with E-state index >= 15 is 0 Å². The molecular weight excluding hydrogens is 419 g/mol. The lowest BCUT2D eigenvalue weighted by molar-refractivity contribution is 0.366. The molecule has 0 amide bonds. The van der Waals surface area contributed by atoms with E-state index < -0.39 is 29.1 Å². The molecule has 3 aromatic carbocycles. The summed E-state index contributed by atoms with van der Waals surface area (Å²) in [6.45, 7) is 1.97. The summed E-state index contributed by atoms with van der Waals surface area (Å²) in [5.41, 5.74) is 1.44. The molecule has 0 atom stereocenters. The zero-order valence-corrected chi connectivity index (χ0v) is 17.8. The van der Waals surface area contributed by atoms with Crippen LogP contribution in [0, 0.1) is 46.8 Å². The molecule has 0 aliphatic heterocycles. The molecule has 5 heteroatoms. The van der Waals surface area contributed by atoms with Gasteiger partial charge in [-0.15, -0.1) is 0 Å². The number of hydrogen-bond donors (Lipinski definition) is 0. The molecule has 1 saturated carbocycles. The molecule has 0 aromatic heterocycles. The van der Waals surface area contributed by atoms with Gasteiger partial charge in [-0.2, -0.15) is 0 Å².